The molecule has 0 radical (unpaired) electrons. The Morgan fingerprint density at radius 3 is 2.86 bits per heavy atom. The second-order valence-electron chi connectivity index (χ2n) is 6.04. The van der Waals surface area contributed by atoms with Gasteiger partial charge in [0.05, 0.1) is 5.60 Å². The SMILES string of the molecule is COCCCCC(O)(c1cc(F)ccc1F)C1CCCNC1. The summed E-state index contributed by atoms with van der Waals surface area (Å²) in [7, 11) is 1.63. The van der Waals surface area contributed by atoms with Crippen molar-refractivity contribution in [2.24, 2.45) is 5.92 Å². The molecule has 124 valence electrons. The highest BCUT2D eigenvalue weighted by Crippen LogP contribution is 2.39. The van der Waals surface area contributed by atoms with Crippen LogP contribution in [-0.2, 0) is 10.3 Å². The molecule has 0 spiro atoms. The number of benzene rings is 1. The van der Waals surface area contributed by atoms with Crippen molar-refractivity contribution in [2.75, 3.05) is 26.8 Å². The maximum atomic E-state index is 14.2. The molecule has 22 heavy (non-hydrogen) atoms. The molecule has 2 atom stereocenters. The summed E-state index contributed by atoms with van der Waals surface area (Å²) < 4.78 is 32.8. The first kappa shape index (κ1) is 17.3. The molecule has 2 rings (SSSR count). The minimum atomic E-state index is -1.34. The number of rotatable bonds is 7. The lowest BCUT2D eigenvalue weighted by molar-refractivity contribution is -0.0463. The van der Waals surface area contributed by atoms with Crippen LogP contribution in [0.25, 0.3) is 0 Å². The summed E-state index contributed by atoms with van der Waals surface area (Å²) in [6.07, 6.45) is 3.64. The van der Waals surface area contributed by atoms with E-state index in [1.54, 1.807) is 7.11 Å². The summed E-state index contributed by atoms with van der Waals surface area (Å²) in [6.45, 7) is 2.13. The maximum Gasteiger partial charge on any atom is 0.129 e. The van der Waals surface area contributed by atoms with Gasteiger partial charge in [-0.1, -0.05) is 0 Å². The van der Waals surface area contributed by atoms with Crippen LogP contribution in [0.1, 0.15) is 37.7 Å². The maximum absolute atomic E-state index is 14.2. The number of nitrogens with one attached hydrogen (secondary N) is 1. The van der Waals surface area contributed by atoms with Gasteiger partial charge in [-0.3, -0.25) is 0 Å². The molecular weight excluding hydrogens is 288 g/mol. The first-order valence-electron chi connectivity index (χ1n) is 7.95. The first-order valence-corrected chi connectivity index (χ1v) is 7.95. The quantitative estimate of drug-likeness (QED) is 0.761. The average molecular weight is 313 g/mol. The summed E-state index contributed by atoms with van der Waals surface area (Å²) in [5.74, 6) is -1.17. The van der Waals surface area contributed by atoms with E-state index < -0.39 is 17.2 Å². The van der Waals surface area contributed by atoms with E-state index in [0.29, 0.717) is 26.0 Å². The Bertz CT molecular complexity index is 478. The van der Waals surface area contributed by atoms with Gasteiger partial charge in [0.25, 0.3) is 0 Å². The van der Waals surface area contributed by atoms with Gasteiger partial charge in [-0.15, -0.1) is 0 Å². The fourth-order valence-corrected chi connectivity index (χ4v) is 3.29. The zero-order valence-electron chi connectivity index (χ0n) is 13.1. The lowest BCUT2D eigenvalue weighted by atomic mass is 9.74. The predicted octanol–water partition coefficient (Wildman–Crippen LogP) is 2.97. The van der Waals surface area contributed by atoms with Crippen molar-refractivity contribution in [2.45, 2.75) is 37.7 Å². The number of piperidine rings is 1. The van der Waals surface area contributed by atoms with Crippen molar-refractivity contribution in [1.29, 1.82) is 0 Å². The summed E-state index contributed by atoms with van der Waals surface area (Å²) >= 11 is 0. The second-order valence-corrected chi connectivity index (χ2v) is 6.04. The van der Waals surface area contributed by atoms with Crippen molar-refractivity contribution in [1.82, 2.24) is 5.32 Å². The Morgan fingerprint density at radius 1 is 1.36 bits per heavy atom. The average Bonchev–Trinajstić information content (AvgIpc) is 2.54. The van der Waals surface area contributed by atoms with Gasteiger partial charge in [-0.05, 0) is 56.8 Å². The molecule has 1 aliphatic heterocycles. The monoisotopic (exact) mass is 313 g/mol. The molecule has 0 aromatic heterocycles. The number of methoxy groups -OCH3 is 1. The van der Waals surface area contributed by atoms with Crippen LogP contribution >= 0.6 is 0 Å². The van der Waals surface area contributed by atoms with Gasteiger partial charge in [0.2, 0.25) is 0 Å². The number of hydrogen-bond acceptors (Lipinski definition) is 3. The van der Waals surface area contributed by atoms with Crippen molar-refractivity contribution in [3.63, 3.8) is 0 Å². The fourth-order valence-electron chi connectivity index (χ4n) is 3.29. The molecule has 5 heteroatoms. The van der Waals surface area contributed by atoms with Gasteiger partial charge in [0.1, 0.15) is 11.6 Å². The van der Waals surface area contributed by atoms with Crippen LogP contribution in [0.4, 0.5) is 8.78 Å². The molecule has 0 aliphatic carbocycles. The molecule has 1 saturated heterocycles. The van der Waals surface area contributed by atoms with E-state index in [4.69, 9.17) is 4.74 Å². The van der Waals surface area contributed by atoms with Crippen LogP contribution in [0.15, 0.2) is 18.2 Å². The Morgan fingerprint density at radius 2 is 2.18 bits per heavy atom. The van der Waals surface area contributed by atoms with E-state index in [1.807, 2.05) is 0 Å². The number of halogens is 2. The van der Waals surface area contributed by atoms with Crippen LogP contribution < -0.4 is 5.32 Å². The van der Waals surface area contributed by atoms with Gasteiger partial charge in [0.15, 0.2) is 0 Å². The lowest BCUT2D eigenvalue weighted by Crippen LogP contribution is -2.45. The second kappa shape index (κ2) is 7.99. The third-order valence-corrected chi connectivity index (χ3v) is 4.52. The molecule has 0 saturated carbocycles. The first-order chi connectivity index (χ1) is 10.6. The van der Waals surface area contributed by atoms with E-state index in [1.165, 1.54) is 0 Å². The minimum Gasteiger partial charge on any atom is -0.385 e. The van der Waals surface area contributed by atoms with E-state index >= 15 is 0 Å². The van der Waals surface area contributed by atoms with Gasteiger partial charge in [-0.25, -0.2) is 8.78 Å². The summed E-state index contributed by atoms with van der Waals surface area (Å²) in [4.78, 5) is 0. The molecule has 1 fully saturated rings. The van der Waals surface area contributed by atoms with E-state index in [2.05, 4.69) is 5.32 Å². The fraction of sp³-hybridized carbons (Fsp3) is 0.647. The molecule has 0 amide bonds. The topological polar surface area (TPSA) is 41.5 Å². The van der Waals surface area contributed by atoms with Gasteiger partial charge >= 0.3 is 0 Å². The van der Waals surface area contributed by atoms with Crippen LogP contribution in [0.5, 0.6) is 0 Å². The van der Waals surface area contributed by atoms with Crippen molar-refractivity contribution in [3.05, 3.63) is 35.4 Å². The summed E-state index contributed by atoms with van der Waals surface area (Å²) in [6, 6.07) is 3.32. The number of ether oxygens (including phenoxy) is 1. The number of aliphatic hydroxyl groups is 1. The van der Waals surface area contributed by atoms with Crippen LogP contribution in [-0.4, -0.2) is 31.9 Å². The molecule has 1 heterocycles. The largest absolute Gasteiger partial charge is 0.385 e. The highest BCUT2D eigenvalue weighted by Gasteiger charge is 2.40. The normalized spacial score (nSPS) is 21.5. The van der Waals surface area contributed by atoms with E-state index in [-0.39, 0.29) is 11.5 Å². The van der Waals surface area contributed by atoms with E-state index in [9.17, 15) is 13.9 Å². The summed E-state index contributed by atoms with van der Waals surface area (Å²) in [5.41, 5.74) is -1.26. The molecule has 2 N–H and O–H groups in total. The van der Waals surface area contributed by atoms with Crippen molar-refractivity contribution >= 4 is 0 Å². The lowest BCUT2D eigenvalue weighted by Gasteiger charge is -2.39. The van der Waals surface area contributed by atoms with Crippen molar-refractivity contribution < 1.29 is 18.6 Å². The Hall–Kier alpha value is -1.04. The molecule has 3 nitrogen and oxygen atoms in total. The van der Waals surface area contributed by atoms with Crippen LogP contribution in [0.3, 0.4) is 0 Å². The molecule has 1 aliphatic rings. The third-order valence-electron chi connectivity index (χ3n) is 4.52. The van der Waals surface area contributed by atoms with E-state index in [0.717, 1.165) is 44.0 Å². The van der Waals surface area contributed by atoms with Gasteiger partial charge in [-0.2, -0.15) is 0 Å². The number of hydrogen-bond donors (Lipinski definition) is 2. The molecular formula is C17H25F2NO2. The molecule has 1 aromatic carbocycles. The number of unbranched alkanes of at least 4 members (excludes halogenated alkanes) is 1. The Labute approximate surface area is 130 Å². The van der Waals surface area contributed by atoms with Crippen LogP contribution in [0.2, 0.25) is 0 Å². The van der Waals surface area contributed by atoms with Gasteiger partial charge < -0.3 is 15.2 Å². The summed E-state index contributed by atoms with van der Waals surface area (Å²) in [5, 5.41) is 14.5. The molecule has 2 unspecified atom stereocenters. The molecule has 1 aromatic rings. The highest BCUT2D eigenvalue weighted by molar-refractivity contribution is 5.26. The zero-order valence-corrected chi connectivity index (χ0v) is 13.1. The minimum absolute atomic E-state index is 0.0821. The predicted molar refractivity (Wildman–Crippen MR) is 81.6 cm³/mol. The van der Waals surface area contributed by atoms with Crippen molar-refractivity contribution in [3.8, 4) is 0 Å². The highest BCUT2D eigenvalue weighted by atomic mass is 19.1. The van der Waals surface area contributed by atoms with Gasteiger partial charge in [0, 0.05) is 31.7 Å². The Kier molecular flexibility index (Phi) is 6.29. The Balaban J connectivity index is 2.24. The zero-order chi connectivity index (χ0) is 16.0. The standard InChI is InChI=1S/C17H25F2NO2/c1-22-10-3-2-8-17(21,13-5-4-9-20-12-13)15-11-14(18)6-7-16(15)19/h6-7,11,13,20-21H,2-5,8-10,12H2,1H3. The molecule has 0 bridgehead atoms. The van der Waals surface area contributed by atoms with Crippen LogP contribution in [0, 0.1) is 17.6 Å². The third kappa shape index (κ3) is 4.03. The smallest absolute Gasteiger partial charge is 0.129 e.